The topological polar surface area (TPSA) is 97.6 Å². The molecule has 7 nitrogen and oxygen atoms in total. The van der Waals surface area contributed by atoms with Gasteiger partial charge in [-0.15, -0.1) is 0 Å². The maximum atomic E-state index is 12.2. The van der Waals surface area contributed by atoms with E-state index in [1.807, 2.05) is 6.07 Å². The van der Waals surface area contributed by atoms with Crippen molar-refractivity contribution in [2.45, 2.75) is 6.42 Å². The molecular weight excluding hydrogens is 360 g/mol. The highest BCUT2D eigenvalue weighted by atomic mass is 16.5. The van der Waals surface area contributed by atoms with Gasteiger partial charge in [0.05, 0.1) is 30.3 Å². The number of ether oxygens (including phenoxy) is 3. The molecule has 0 bridgehead atoms. The SMILES string of the molecule is C=CCOc1ccc(C(=O)OCCC(=O)Nc2ccccc2C#N)cc1OC. The van der Waals surface area contributed by atoms with E-state index in [0.29, 0.717) is 29.4 Å². The molecule has 0 saturated carbocycles. The summed E-state index contributed by atoms with van der Waals surface area (Å²) in [5.41, 5.74) is 1.05. The van der Waals surface area contributed by atoms with Gasteiger partial charge in [-0.1, -0.05) is 24.8 Å². The number of rotatable bonds is 9. The molecule has 0 spiro atoms. The molecule has 2 rings (SSSR count). The lowest BCUT2D eigenvalue weighted by molar-refractivity contribution is -0.116. The number of hydrogen-bond donors (Lipinski definition) is 1. The summed E-state index contributed by atoms with van der Waals surface area (Å²) >= 11 is 0. The second-order valence-corrected chi connectivity index (χ2v) is 5.56. The van der Waals surface area contributed by atoms with Gasteiger partial charge in [0, 0.05) is 0 Å². The van der Waals surface area contributed by atoms with Crippen molar-refractivity contribution in [1.29, 1.82) is 5.26 Å². The summed E-state index contributed by atoms with van der Waals surface area (Å²) in [5.74, 6) is -0.0725. The molecule has 1 N–H and O–H groups in total. The summed E-state index contributed by atoms with van der Waals surface area (Å²) in [6.45, 7) is 3.78. The number of nitriles is 1. The van der Waals surface area contributed by atoms with E-state index in [9.17, 15) is 9.59 Å². The van der Waals surface area contributed by atoms with E-state index in [0.717, 1.165) is 0 Å². The molecule has 0 aliphatic carbocycles. The smallest absolute Gasteiger partial charge is 0.338 e. The minimum Gasteiger partial charge on any atom is -0.493 e. The van der Waals surface area contributed by atoms with Gasteiger partial charge in [-0.2, -0.15) is 5.26 Å². The number of nitrogens with zero attached hydrogens (tertiary/aromatic N) is 1. The van der Waals surface area contributed by atoms with Crippen molar-refractivity contribution in [2.75, 3.05) is 25.6 Å². The lowest BCUT2D eigenvalue weighted by atomic mass is 10.2. The first-order valence-corrected chi connectivity index (χ1v) is 8.47. The third-order valence-electron chi connectivity index (χ3n) is 3.64. The zero-order chi connectivity index (χ0) is 20.4. The van der Waals surface area contributed by atoms with Crippen LogP contribution < -0.4 is 14.8 Å². The molecule has 1 amide bonds. The summed E-state index contributed by atoms with van der Waals surface area (Å²) in [4.78, 5) is 24.2. The van der Waals surface area contributed by atoms with Crippen LogP contribution in [-0.4, -0.2) is 32.2 Å². The molecule has 2 aromatic rings. The van der Waals surface area contributed by atoms with Crippen LogP contribution in [0.1, 0.15) is 22.3 Å². The van der Waals surface area contributed by atoms with Crippen molar-refractivity contribution >= 4 is 17.6 Å². The Labute approximate surface area is 163 Å². The number of carbonyl (C=O) groups excluding carboxylic acids is 2. The first kappa shape index (κ1) is 20.5. The molecule has 0 heterocycles. The van der Waals surface area contributed by atoms with Crippen LogP contribution in [0.25, 0.3) is 0 Å². The van der Waals surface area contributed by atoms with Gasteiger partial charge in [-0.3, -0.25) is 4.79 Å². The Balaban J connectivity index is 1.89. The van der Waals surface area contributed by atoms with E-state index in [-0.39, 0.29) is 24.5 Å². The van der Waals surface area contributed by atoms with Crippen LogP contribution in [0.3, 0.4) is 0 Å². The number of para-hydroxylation sites is 1. The van der Waals surface area contributed by atoms with Gasteiger partial charge in [0.1, 0.15) is 19.3 Å². The number of hydrogen-bond acceptors (Lipinski definition) is 6. The van der Waals surface area contributed by atoms with Gasteiger partial charge in [0.25, 0.3) is 0 Å². The molecular formula is C21H20N2O5. The molecule has 0 atom stereocenters. The molecule has 28 heavy (non-hydrogen) atoms. The number of nitrogens with one attached hydrogen (secondary N) is 1. The van der Waals surface area contributed by atoms with Crippen molar-refractivity contribution in [2.24, 2.45) is 0 Å². The Morgan fingerprint density at radius 1 is 1.21 bits per heavy atom. The van der Waals surface area contributed by atoms with Crippen LogP contribution in [0, 0.1) is 11.3 Å². The van der Waals surface area contributed by atoms with Crippen molar-refractivity contribution in [3.63, 3.8) is 0 Å². The van der Waals surface area contributed by atoms with Crippen molar-refractivity contribution in [3.8, 4) is 17.6 Å². The molecule has 0 radical (unpaired) electrons. The Kier molecular flexibility index (Phi) is 7.61. The average Bonchev–Trinajstić information content (AvgIpc) is 2.72. The predicted molar refractivity (Wildman–Crippen MR) is 103 cm³/mol. The van der Waals surface area contributed by atoms with Crippen molar-refractivity contribution in [3.05, 3.63) is 66.2 Å². The van der Waals surface area contributed by atoms with Gasteiger partial charge < -0.3 is 19.5 Å². The standard InChI is InChI=1S/C21H20N2O5/c1-3-11-27-18-9-8-15(13-19(18)26-2)21(25)28-12-10-20(24)23-17-7-5-4-6-16(17)14-22/h3-9,13H,1,10-12H2,2H3,(H,23,24). The van der Waals surface area contributed by atoms with Crippen LogP contribution in [0.4, 0.5) is 5.69 Å². The third-order valence-corrected chi connectivity index (χ3v) is 3.64. The van der Waals surface area contributed by atoms with E-state index in [2.05, 4.69) is 11.9 Å². The molecule has 0 unspecified atom stereocenters. The minimum absolute atomic E-state index is 0.0385. The lowest BCUT2D eigenvalue weighted by Gasteiger charge is -2.11. The Morgan fingerprint density at radius 3 is 2.71 bits per heavy atom. The second kappa shape index (κ2) is 10.4. The normalized spacial score (nSPS) is 9.71. The van der Waals surface area contributed by atoms with Gasteiger partial charge in [-0.25, -0.2) is 4.79 Å². The van der Waals surface area contributed by atoms with Gasteiger partial charge in [0.2, 0.25) is 5.91 Å². The van der Waals surface area contributed by atoms with Crippen LogP contribution in [-0.2, 0) is 9.53 Å². The second-order valence-electron chi connectivity index (χ2n) is 5.56. The average molecular weight is 380 g/mol. The molecule has 0 aliphatic heterocycles. The summed E-state index contributed by atoms with van der Waals surface area (Å²) in [5, 5.41) is 11.6. The van der Waals surface area contributed by atoms with Gasteiger partial charge in [-0.05, 0) is 30.3 Å². The maximum Gasteiger partial charge on any atom is 0.338 e. The van der Waals surface area contributed by atoms with E-state index in [1.54, 1.807) is 42.5 Å². The van der Waals surface area contributed by atoms with E-state index >= 15 is 0 Å². The molecule has 0 aromatic heterocycles. The van der Waals surface area contributed by atoms with E-state index < -0.39 is 5.97 Å². The first-order chi connectivity index (χ1) is 13.6. The fourth-order valence-electron chi connectivity index (χ4n) is 2.28. The van der Waals surface area contributed by atoms with E-state index in [1.165, 1.54) is 13.2 Å². The number of esters is 1. The van der Waals surface area contributed by atoms with Crippen LogP contribution >= 0.6 is 0 Å². The minimum atomic E-state index is -0.584. The predicted octanol–water partition coefficient (Wildman–Crippen LogP) is 3.32. The van der Waals surface area contributed by atoms with Gasteiger partial charge in [0.15, 0.2) is 11.5 Å². The molecule has 0 saturated heterocycles. The fraction of sp³-hybridized carbons (Fsp3) is 0.190. The summed E-state index contributed by atoms with van der Waals surface area (Å²) in [6, 6.07) is 13.3. The van der Waals surface area contributed by atoms with E-state index in [4.69, 9.17) is 19.5 Å². The molecule has 0 fully saturated rings. The van der Waals surface area contributed by atoms with Crippen molar-refractivity contribution in [1.82, 2.24) is 0 Å². The molecule has 7 heteroatoms. The monoisotopic (exact) mass is 380 g/mol. The highest BCUT2D eigenvalue weighted by Crippen LogP contribution is 2.28. The Morgan fingerprint density at radius 2 is 2.00 bits per heavy atom. The number of benzene rings is 2. The maximum absolute atomic E-state index is 12.2. The summed E-state index contributed by atoms with van der Waals surface area (Å²) < 4.78 is 15.8. The molecule has 144 valence electrons. The third kappa shape index (κ3) is 5.61. The number of methoxy groups -OCH3 is 1. The zero-order valence-corrected chi connectivity index (χ0v) is 15.4. The highest BCUT2D eigenvalue weighted by molar-refractivity contribution is 5.93. The fourth-order valence-corrected chi connectivity index (χ4v) is 2.28. The number of amides is 1. The highest BCUT2D eigenvalue weighted by Gasteiger charge is 2.13. The summed E-state index contributed by atoms with van der Waals surface area (Å²) in [7, 11) is 1.47. The van der Waals surface area contributed by atoms with Crippen LogP contribution in [0.15, 0.2) is 55.1 Å². The Bertz CT molecular complexity index is 902. The van der Waals surface area contributed by atoms with Crippen LogP contribution in [0.5, 0.6) is 11.5 Å². The number of anilines is 1. The first-order valence-electron chi connectivity index (χ1n) is 8.47. The quantitative estimate of drug-likeness (QED) is 0.529. The largest absolute Gasteiger partial charge is 0.493 e. The molecule has 2 aromatic carbocycles. The molecule has 0 aliphatic rings. The Hall–Kier alpha value is -3.79. The lowest BCUT2D eigenvalue weighted by Crippen LogP contribution is -2.16. The summed E-state index contributed by atoms with van der Waals surface area (Å²) in [6.07, 6.45) is 1.56. The van der Waals surface area contributed by atoms with Gasteiger partial charge >= 0.3 is 5.97 Å². The van der Waals surface area contributed by atoms with Crippen LogP contribution in [0.2, 0.25) is 0 Å². The zero-order valence-electron chi connectivity index (χ0n) is 15.4. The number of carbonyl (C=O) groups is 2. The van der Waals surface area contributed by atoms with Crippen molar-refractivity contribution < 1.29 is 23.8 Å².